The Morgan fingerprint density at radius 1 is 1.07 bits per heavy atom. The molecule has 1 spiro atoms. The fourth-order valence-corrected chi connectivity index (χ4v) is 3.34. The molecule has 2 heteroatoms. The minimum absolute atomic E-state index is 0.209. The number of nitrogens with zero attached hydrogens (tertiary/aromatic N) is 1. The smallest absolute Gasteiger partial charge is 0.0275 e. The highest BCUT2D eigenvalue weighted by Crippen LogP contribution is 2.46. The van der Waals surface area contributed by atoms with Crippen molar-refractivity contribution in [3.63, 3.8) is 0 Å². The molecule has 1 saturated carbocycles. The van der Waals surface area contributed by atoms with E-state index in [-0.39, 0.29) is 5.54 Å². The quantitative estimate of drug-likeness (QED) is 0.758. The van der Waals surface area contributed by atoms with Gasteiger partial charge in [0.25, 0.3) is 0 Å². The Morgan fingerprint density at radius 2 is 1.60 bits per heavy atom. The van der Waals surface area contributed by atoms with Gasteiger partial charge >= 0.3 is 0 Å². The van der Waals surface area contributed by atoms with E-state index in [9.17, 15) is 0 Å². The van der Waals surface area contributed by atoms with E-state index >= 15 is 0 Å². The van der Waals surface area contributed by atoms with Crippen LogP contribution in [0.3, 0.4) is 0 Å². The Labute approximate surface area is 94.2 Å². The van der Waals surface area contributed by atoms with Gasteiger partial charge in [0.15, 0.2) is 0 Å². The lowest BCUT2D eigenvalue weighted by molar-refractivity contribution is 0.0407. The van der Waals surface area contributed by atoms with Crippen LogP contribution in [0.25, 0.3) is 0 Å². The summed E-state index contributed by atoms with van der Waals surface area (Å²) in [5, 5.41) is 0. The van der Waals surface area contributed by atoms with E-state index in [0.717, 1.165) is 12.0 Å². The molecule has 0 aromatic rings. The molecule has 2 aliphatic rings. The van der Waals surface area contributed by atoms with Gasteiger partial charge in [0.1, 0.15) is 0 Å². The van der Waals surface area contributed by atoms with Crippen molar-refractivity contribution in [2.45, 2.75) is 57.9 Å². The Hall–Kier alpha value is -0.0800. The number of hydrogen-bond donors (Lipinski definition) is 1. The molecule has 0 radical (unpaired) electrons. The molecule has 1 heterocycles. The summed E-state index contributed by atoms with van der Waals surface area (Å²) in [7, 11) is 0. The first-order valence-electron chi connectivity index (χ1n) is 6.53. The van der Waals surface area contributed by atoms with Crippen molar-refractivity contribution in [2.75, 3.05) is 19.6 Å². The van der Waals surface area contributed by atoms with Gasteiger partial charge in [-0.15, -0.1) is 0 Å². The second-order valence-corrected chi connectivity index (χ2v) is 6.21. The molecule has 2 fully saturated rings. The lowest BCUT2D eigenvalue weighted by atomic mass is 9.76. The van der Waals surface area contributed by atoms with E-state index in [1.54, 1.807) is 0 Å². The normalized spacial score (nSPS) is 27.4. The predicted molar refractivity (Wildman–Crippen MR) is 64.8 cm³/mol. The van der Waals surface area contributed by atoms with Crippen LogP contribution in [0.15, 0.2) is 0 Å². The van der Waals surface area contributed by atoms with Crippen LogP contribution >= 0.6 is 0 Å². The van der Waals surface area contributed by atoms with Crippen LogP contribution in [0.1, 0.15) is 52.4 Å². The van der Waals surface area contributed by atoms with Gasteiger partial charge in [0, 0.05) is 12.1 Å². The van der Waals surface area contributed by atoms with E-state index < -0.39 is 0 Å². The second-order valence-electron chi connectivity index (χ2n) is 6.21. The summed E-state index contributed by atoms with van der Waals surface area (Å²) in [6, 6.07) is 0. The molecule has 2 nitrogen and oxygen atoms in total. The van der Waals surface area contributed by atoms with Gasteiger partial charge in [-0.1, -0.05) is 12.8 Å². The van der Waals surface area contributed by atoms with Crippen molar-refractivity contribution < 1.29 is 0 Å². The van der Waals surface area contributed by atoms with Crippen molar-refractivity contribution in [2.24, 2.45) is 11.1 Å². The molecule has 0 amide bonds. The summed E-state index contributed by atoms with van der Waals surface area (Å²) in [4.78, 5) is 2.59. The van der Waals surface area contributed by atoms with Gasteiger partial charge < -0.3 is 5.73 Å². The zero-order valence-corrected chi connectivity index (χ0v) is 10.4. The maximum absolute atomic E-state index is 5.84. The largest absolute Gasteiger partial charge is 0.329 e. The summed E-state index contributed by atoms with van der Waals surface area (Å²) in [6.45, 7) is 7.87. The zero-order chi connectivity index (χ0) is 10.9. The molecule has 15 heavy (non-hydrogen) atoms. The van der Waals surface area contributed by atoms with Crippen LogP contribution in [0, 0.1) is 5.41 Å². The number of nitrogens with two attached hydrogens (primary N) is 1. The van der Waals surface area contributed by atoms with Gasteiger partial charge in [-0.3, -0.25) is 4.90 Å². The van der Waals surface area contributed by atoms with Crippen molar-refractivity contribution >= 4 is 0 Å². The van der Waals surface area contributed by atoms with Gasteiger partial charge in [0.2, 0.25) is 0 Å². The van der Waals surface area contributed by atoms with Gasteiger partial charge in [-0.2, -0.15) is 0 Å². The standard InChI is InChI=1S/C13H26N2/c1-12(2,11-14)15-9-7-13(8-10-15)5-3-4-6-13/h3-11,14H2,1-2H3. The van der Waals surface area contributed by atoms with Crippen LogP contribution in [0.5, 0.6) is 0 Å². The van der Waals surface area contributed by atoms with Crippen LogP contribution < -0.4 is 5.73 Å². The first-order chi connectivity index (χ1) is 7.08. The Kier molecular flexibility index (Phi) is 3.09. The number of hydrogen-bond acceptors (Lipinski definition) is 2. The molecule has 0 aromatic heterocycles. The fraction of sp³-hybridized carbons (Fsp3) is 1.00. The molecule has 2 N–H and O–H groups in total. The molecular formula is C13H26N2. The highest BCUT2D eigenvalue weighted by Gasteiger charge is 2.39. The maximum Gasteiger partial charge on any atom is 0.0275 e. The van der Waals surface area contributed by atoms with Crippen LogP contribution in [0.2, 0.25) is 0 Å². The van der Waals surface area contributed by atoms with E-state index in [0.29, 0.717) is 0 Å². The summed E-state index contributed by atoms with van der Waals surface area (Å²) in [6.07, 6.45) is 8.75. The van der Waals surface area contributed by atoms with Gasteiger partial charge in [-0.25, -0.2) is 0 Å². The Balaban J connectivity index is 1.91. The summed E-state index contributed by atoms with van der Waals surface area (Å²) >= 11 is 0. The molecule has 1 aliphatic carbocycles. The molecule has 0 aromatic carbocycles. The molecular weight excluding hydrogens is 184 g/mol. The van der Waals surface area contributed by atoms with Crippen molar-refractivity contribution in [1.82, 2.24) is 4.90 Å². The highest BCUT2D eigenvalue weighted by atomic mass is 15.2. The van der Waals surface area contributed by atoms with E-state index in [1.807, 2.05) is 0 Å². The molecule has 2 rings (SSSR count). The first-order valence-corrected chi connectivity index (χ1v) is 6.53. The number of piperidine rings is 1. The molecule has 0 atom stereocenters. The van der Waals surface area contributed by atoms with Crippen molar-refractivity contribution in [1.29, 1.82) is 0 Å². The number of rotatable bonds is 2. The Morgan fingerprint density at radius 3 is 2.07 bits per heavy atom. The Bertz CT molecular complexity index is 207. The molecule has 1 saturated heterocycles. The third kappa shape index (κ3) is 2.21. The maximum atomic E-state index is 5.84. The average molecular weight is 210 g/mol. The zero-order valence-electron chi connectivity index (χ0n) is 10.4. The van der Waals surface area contributed by atoms with Crippen molar-refractivity contribution in [3.05, 3.63) is 0 Å². The van der Waals surface area contributed by atoms with Crippen molar-refractivity contribution in [3.8, 4) is 0 Å². The summed E-state index contributed by atoms with van der Waals surface area (Å²) in [5.74, 6) is 0. The number of likely N-dealkylation sites (tertiary alicyclic amines) is 1. The van der Waals surface area contributed by atoms with Crippen LogP contribution in [0.4, 0.5) is 0 Å². The molecule has 0 unspecified atom stereocenters. The third-order valence-corrected chi connectivity index (χ3v) is 4.84. The summed E-state index contributed by atoms with van der Waals surface area (Å²) < 4.78 is 0. The van der Waals surface area contributed by atoms with Crippen LogP contribution in [-0.2, 0) is 0 Å². The molecule has 88 valence electrons. The average Bonchev–Trinajstić information content (AvgIpc) is 2.67. The lowest BCUT2D eigenvalue weighted by Gasteiger charge is -2.46. The molecule has 0 bridgehead atoms. The van der Waals surface area contributed by atoms with Crippen LogP contribution in [-0.4, -0.2) is 30.1 Å². The third-order valence-electron chi connectivity index (χ3n) is 4.84. The molecule has 1 aliphatic heterocycles. The van der Waals surface area contributed by atoms with E-state index in [2.05, 4.69) is 18.7 Å². The lowest BCUT2D eigenvalue weighted by Crippen LogP contribution is -2.53. The van der Waals surface area contributed by atoms with Gasteiger partial charge in [-0.05, 0) is 58.0 Å². The summed E-state index contributed by atoms with van der Waals surface area (Å²) in [5.41, 5.74) is 6.79. The van der Waals surface area contributed by atoms with E-state index in [1.165, 1.54) is 51.6 Å². The first kappa shape index (κ1) is 11.4. The van der Waals surface area contributed by atoms with Gasteiger partial charge in [0.05, 0.1) is 0 Å². The second kappa shape index (κ2) is 4.06. The minimum Gasteiger partial charge on any atom is -0.329 e. The highest BCUT2D eigenvalue weighted by molar-refractivity contribution is 4.93. The topological polar surface area (TPSA) is 29.3 Å². The monoisotopic (exact) mass is 210 g/mol. The van der Waals surface area contributed by atoms with E-state index in [4.69, 9.17) is 5.73 Å². The fourth-order valence-electron chi connectivity index (χ4n) is 3.34. The SMILES string of the molecule is CC(C)(CN)N1CCC2(CCCC2)CC1. The predicted octanol–water partition coefficient (Wildman–Crippen LogP) is 2.38. The minimum atomic E-state index is 0.209.